The van der Waals surface area contributed by atoms with Gasteiger partial charge in [-0.3, -0.25) is 14.4 Å². The van der Waals surface area contributed by atoms with Gasteiger partial charge < -0.3 is 21.1 Å². The Hall–Kier alpha value is -1.63. The molecule has 4 N–H and O–H groups in total. The number of aliphatic hydroxyl groups excluding tert-OH is 1. The van der Waals surface area contributed by atoms with Crippen LogP contribution in [0.2, 0.25) is 0 Å². The highest BCUT2D eigenvalue weighted by Gasteiger charge is 2.18. The average molecular weight is 245 g/mol. The van der Waals surface area contributed by atoms with Crippen molar-refractivity contribution in [3.63, 3.8) is 0 Å². The highest BCUT2D eigenvalue weighted by molar-refractivity contribution is 5.87. The van der Waals surface area contributed by atoms with Gasteiger partial charge in [0.25, 0.3) is 0 Å². The Balaban J connectivity index is 4.11. The van der Waals surface area contributed by atoms with Gasteiger partial charge in [-0.15, -0.1) is 0 Å². The zero-order valence-corrected chi connectivity index (χ0v) is 10.1. The van der Waals surface area contributed by atoms with Crippen LogP contribution in [0.5, 0.6) is 0 Å². The monoisotopic (exact) mass is 245 g/mol. The Morgan fingerprint density at radius 1 is 1.29 bits per heavy atom. The third-order valence-electron chi connectivity index (χ3n) is 2.03. The van der Waals surface area contributed by atoms with Crippen LogP contribution in [0.1, 0.15) is 19.8 Å². The second-order valence-electron chi connectivity index (χ2n) is 3.48. The molecular weight excluding hydrogens is 226 g/mol. The van der Waals surface area contributed by atoms with Gasteiger partial charge in [0.15, 0.2) is 0 Å². The molecule has 0 heterocycles. The Bertz CT molecular complexity index is 281. The fourth-order valence-corrected chi connectivity index (χ4v) is 1.25. The lowest BCUT2D eigenvalue weighted by Gasteiger charge is -2.15. The van der Waals surface area contributed by atoms with Gasteiger partial charge in [-0.05, 0) is 6.42 Å². The van der Waals surface area contributed by atoms with Crippen molar-refractivity contribution in [1.82, 2.24) is 16.0 Å². The predicted octanol–water partition coefficient (Wildman–Crippen LogP) is -1.87. The Morgan fingerprint density at radius 3 is 2.41 bits per heavy atom. The molecule has 7 nitrogen and oxygen atoms in total. The summed E-state index contributed by atoms with van der Waals surface area (Å²) in [6.45, 7) is 1.36. The molecule has 98 valence electrons. The van der Waals surface area contributed by atoms with E-state index in [0.29, 0.717) is 0 Å². The van der Waals surface area contributed by atoms with Crippen LogP contribution in [0, 0.1) is 0 Å². The number of amides is 3. The van der Waals surface area contributed by atoms with Gasteiger partial charge >= 0.3 is 0 Å². The standard InChI is InChI=1S/C10H19N3O4/c1-7(15)13-8(10(17)11-2)3-4-9(16)12-5-6-14/h8,14H,3-6H2,1-2H3,(H,11,17)(H,12,16)(H,13,15)/t8-/m0/s1. The van der Waals surface area contributed by atoms with Gasteiger partial charge in [0.1, 0.15) is 6.04 Å². The number of likely N-dealkylation sites (N-methyl/N-ethyl adjacent to an activating group) is 1. The Labute approximate surface area is 100.0 Å². The molecule has 0 radical (unpaired) electrons. The van der Waals surface area contributed by atoms with Crippen molar-refractivity contribution in [1.29, 1.82) is 0 Å². The Morgan fingerprint density at radius 2 is 1.94 bits per heavy atom. The third-order valence-corrected chi connectivity index (χ3v) is 2.03. The molecule has 0 bridgehead atoms. The van der Waals surface area contributed by atoms with E-state index in [9.17, 15) is 14.4 Å². The highest BCUT2D eigenvalue weighted by Crippen LogP contribution is 1.98. The van der Waals surface area contributed by atoms with Crippen molar-refractivity contribution < 1.29 is 19.5 Å². The lowest BCUT2D eigenvalue weighted by atomic mass is 10.1. The molecule has 0 saturated heterocycles. The van der Waals surface area contributed by atoms with E-state index >= 15 is 0 Å². The van der Waals surface area contributed by atoms with E-state index in [1.807, 2.05) is 0 Å². The van der Waals surface area contributed by atoms with Crippen molar-refractivity contribution in [3.05, 3.63) is 0 Å². The van der Waals surface area contributed by atoms with Crippen LogP contribution in [0.4, 0.5) is 0 Å². The molecule has 7 heteroatoms. The minimum atomic E-state index is -0.711. The molecule has 1 atom stereocenters. The molecule has 17 heavy (non-hydrogen) atoms. The summed E-state index contributed by atoms with van der Waals surface area (Å²) in [5.74, 6) is -0.928. The van der Waals surface area contributed by atoms with E-state index in [1.165, 1.54) is 14.0 Å². The molecule has 0 rings (SSSR count). The first-order valence-corrected chi connectivity index (χ1v) is 5.37. The van der Waals surface area contributed by atoms with Crippen LogP contribution in [0.25, 0.3) is 0 Å². The summed E-state index contributed by atoms with van der Waals surface area (Å²) in [6, 6.07) is -0.711. The molecule has 3 amide bonds. The molecule has 0 aromatic rings. The molecule has 0 aliphatic rings. The summed E-state index contributed by atoms with van der Waals surface area (Å²) in [6.07, 6.45) is 0.328. The largest absolute Gasteiger partial charge is 0.395 e. The lowest BCUT2D eigenvalue weighted by Crippen LogP contribution is -2.45. The van der Waals surface area contributed by atoms with Crippen LogP contribution in [0.3, 0.4) is 0 Å². The van der Waals surface area contributed by atoms with Crippen molar-refractivity contribution in [2.75, 3.05) is 20.2 Å². The zero-order valence-electron chi connectivity index (χ0n) is 10.1. The molecule has 0 unspecified atom stereocenters. The topological polar surface area (TPSA) is 108 Å². The Kier molecular flexibility index (Phi) is 7.70. The maximum Gasteiger partial charge on any atom is 0.242 e. The molecule has 0 spiro atoms. The summed E-state index contributed by atoms with van der Waals surface area (Å²) in [5, 5.41) is 15.8. The van der Waals surface area contributed by atoms with Gasteiger partial charge in [-0.1, -0.05) is 0 Å². The average Bonchev–Trinajstić information content (AvgIpc) is 2.30. The minimum Gasteiger partial charge on any atom is -0.395 e. The van der Waals surface area contributed by atoms with Gasteiger partial charge in [0.05, 0.1) is 6.61 Å². The normalized spacial score (nSPS) is 11.5. The van der Waals surface area contributed by atoms with Crippen molar-refractivity contribution in [3.8, 4) is 0 Å². The van der Waals surface area contributed by atoms with Crippen molar-refractivity contribution in [2.24, 2.45) is 0 Å². The number of carbonyl (C=O) groups excluding carboxylic acids is 3. The molecule has 0 aromatic carbocycles. The third kappa shape index (κ3) is 7.29. The number of nitrogens with one attached hydrogen (secondary N) is 3. The van der Waals surface area contributed by atoms with Crippen molar-refractivity contribution >= 4 is 17.7 Å². The molecule has 0 aromatic heterocycles. The van der Waals surface area contributed by atoms with Crippen LogP contribution < -0.4 is 16.0 Å². The number of hydrogen-bond donors (Lipinski definition) is 4. The zero-order chi connectivity index (χ0) is 13.3. The summed E-state index contributed by atoms with van der Waals surface area (Å²) >= 11 is 0. The highest BCUT2D eigenvalue weighted by atomic mass is 16.3. The second-order valence-corrected chi connectivity index (χ2v) is 3.48. The summed E-state index contributed by atoms with van der Waals surface area (Å²) in [5.41, 5.74) is 0. The molecule has 0 saturated carbocycles. The fraction of sp³-hybridized carbons (Fsp3) is 0.700. The van der Waals surface area contributed by atoms with E-state index in [0.717, 1.165) is 0 Å². The molecular formula is C10H19N3O4. The maximum atomic E-state index is 11.4. The first-order valence-electron chi connectivity index (χ1n) is 5.37. The van der Waals surface area contributed by atoms with Gasteiger partial charge in [0.2, 0.25) is 17.7 Å². The molecule has 0 aliphatic heterocycles. The van der Waals surface area contributed by atoms with Crippen LogP contribution in [0.15, 0.2) is 0 Å². The van der Waals surface area contributed by atoms with Crippen LogP contribution in [-0.4, -0.2) is 49.1 Å². The van der Waals surface area contributed by atoms with E-state index < -0.39 is 6.04 Å². The van der Waals surface area contributed by atoms with Gasteiger partial charge in [0, 0.05) is 26.9 Å². The summed E-state index contributed by atoms with van der Waals surface area (Å²) in [7, 11) is 1.46. The maximum absolute atomic E-state index is 11.4. The SMILES string of the molecule is CNC(=O)[C@H](CCC(=O)NCCO)NC(C)=O. The predicted molar refractivity (Wildman–Crippen MR) is 61.0 cm³/mol. The lowest BCUT2D eigenvalue weighted by molar-refractivity contribution is -0.128. The van der Waals surface area contributed by atoms with Crippen LogP contribution in [-0.2, 0) is 14.4 Å². The van der Waals surface area contributed by atoms with Gasteiger partial charge in [-0.25, -0.2) is 0 Å². The van der Waals surface area contributed by atoms with Crippen LogP contribution >= 0.6 is 0 Å². The van der Waals surface area contributed by atoms with E-state index in [4.69, 9.17) is 5.11 Å². The first-order chi connectivity index (χ1) is 8.01. The smallest absolute Gasteiger partial charge is 0.242 e. The summed E-state index contributed by atoms with van der Waals surface area (Å²) in [4.78, 5) is 33.5. The quantitative estimate of drug-likeness (QED) is 0.421. The van der Waals surface area contributed by atoms with Crippen molar-refractivity contribution in [2.45, 2.75) is 25.8 Å². The molecule has 0 fully saturated rings. The number of carbonyl (C=O) groups is 3. The number of hydrogen-bond acceptors (Lipinski definition) is 4. The fourth-order valence-electron chi connectivity index (χ4n) is 1.25. The number of rotatable bonds is 7. The van der Waals surface area contributed by atoms with E-state index in [-0.39, 0.29) is 43.7 Å². The van der Waals surface area contributed by atoms with E-state index in [1.54, 1.807) is 0 Å². The van der Waals surface area contributed by atoms with Gasteiger partial charge in [-0.2, -0.15) is 0 Å². The second kappa shape index (κ2) is 8.51. The minimum absolute atomic E-state index is 0.109. The summed E-state index contributed by atoms with van der Waals surface area (Å²) < 4.78 is 0. The first kappa shape index (κ1) is 15.4. The molecule has 0 aliphatic carbocycles. The van der Waals surface area contributed by atoms with E-state index in [2.05, 4.69) is 16.0 Å². The number of aliphatic hydroxyl groups is 1.